The normalized spacial score (nSPS) is 13.2. The summed E-state index contributed by atoms with van der Waals surface area (Å²) in [5.74, 6) is -1.50. The van der Waals surface area contributed by atoms with Gasteiger partial charge in [-0.3, -0.25) is 4.79 Å². The predicted molar refractivity (Wildman–Crippen MR) is 88.5 cm³/mol. The molecule has 0 atom stereocenters. The van der Waals surface area contributed by atoms with Gasteiger partial charge >= 0.3 is 5.97 Å². The van der Waals surface area contributed by atoms with Crippen LogP contribution in [0.5, 0.6) is 5.75 Å². The van der Waals surface area contributed by atoms with Crippen molar-refractivity contribution in [3.8, 4) is 5.75 Å². The number of carbonyl (C=O) groups excluding carboxylic acids is 2. The molecule has 0 fully saturated rings. The first-order valence-corrected chi connectivity index (χ1v) is 8.61. The third kappa shape index (κ3) is 3.33. The highest BCUT2D eigenvalue weighted by atomic mass is 32.1. The summed E-state index contributed by atoms with van der Waals surface area (Å²) >= 11 is 1.57. The average Bonchev–Trinajstić information content (AvgIpc) is 3.03. The lowest BCUT2D eigenvalue weighted by Gasteiger charge is -2.12. The summed E-state index contributed by atoms with van der Waals surface area (Å²) in [5, 5.41) is 1.80. The van der Waals surface area contributed by atoms with E-state index in [4.69, 9.17) is 9.47 Å². The Balaban J connectivity index is 1.65. The summed E-state index contributed by atoms with van der Waals surface area (Å²) in [6.45, 7) is -0.408. The van der Waals surface area contributed by atoms with Gasteiger partial charge in [0.05, 0.1) is 12.7 Å². The van der Waals surface area contributed by atoms with Crippen LogP contribution in [0.25, 0.3) is 0 Å². The minimum atomic E-state index is -0.624. The summed E-state index contributed by atoms with van der Waals surface area (Å²) in [4.78, 5) is 25.5. The Morgan fingerprint density at radius 3 is 2.79 bits per heavy atom. The van der Waals surface area contributed by atoms with Crippen LogP contribution >= 0.6 is 11.3 Å². The van der Waals surface area contributed by atoms with E-state index in [9.17, 15) is 14.0 Å². The van der Waals surface area contributed by atoms with E-state index >= 15 is 0 Å². The number of hydrogen-bond acceptors (Lipinski definition) is 5. The first-order chi connectivity index (χ1) is 11.6. The Labute approximate surface area is 143 Å². The van der Waals surface area contributed by atoms with Crippen molar-refractivity contribution in [3.63, 3.8) is 0 Å². The molecule has 0 spiro atoms. The van der Waals surface area contributed by atoms with E-state index in [-0.39, 0.29) is 11.3 Å². The second kappa shape index (κ2) is 7.13. The van der Waals surface area contributed by atoms with E-state index in [1.807, 2.05) is 0 Å². The number of aryl methyl sites for hydroxylation is 1. The van der Waals surface area contributed by atoms with Gasteiger partial charge < -0.3 is 9.47 Å². The number of ketones is 1. The summed E-state index contributed by atoms with van der Waals surface area (Å²) in [6, 6.07) is 3.91. The minimum Gasteiger partial charge on any atom is -0.494 e. The lowest BCUT2D eigenvalue weighted by molar-refractivity contribution is 0.0474. The molecule has 1 aliphatic carbocycles. The van der Waals surface area contributed by atoms with E-state index in [1.165, 1.54) is 24.1 Å². The number of rotatable bonds is 5. The van der Waals surface area contributed by atoms with Crippen LogP contribution in [0, 0.1) is 5.82 Å². The van der Waals surface area contributed by atoms with E-state index < -0.39 is 24.2 Å². The number of halogens is 1. The van der Waals surface area contributed by atoms with Gasteiger partial charge in [0.1, 0.15) is 0 Å². The van der Waals surface area contributed by atoms with E-state index in [0.717, 1.165) is 37.3 Å². The number of fused-ring (bicyclic) bond motifs is 1. The zero-order chi connectivity index (χ0) is 17.1. The summed E-state index contributed by atoms with van der Waals surface area (Å²) in [7, 11) is 1.35. The average molecular weight is 348 g/mol. The number of methoxy groups -OCH3 is 1. The van der Waals surface area contributed by atoms with Crippen molar-refractivity contribution in [2.45, 2.75) is 25.7 Å². The molecule has 0 bridgehead atoms. The number of carbonyl (C=O) groups is 2. The fourth-order valence-electron chi connectivity index (χ4n) is 2.80. The monoisotopic (exact) mass is 348 g/mol. The zero-order valence-electron chi connectivity index (χ0n) is 13.3. The first-order valence-electron chi connectivity index (χ1n) is 7.73. The maximum absolute atomic E-state index is 13.6. The highest BCUT2D eigenvalue weighted by Gasteiger charge is 2.22. The highest BCUT2D eigenvalue weighted by molar-refractivity contribution is 7.10. The number of Topliss-reactive ketones (excluding diaryl/α,β-unsaturated/α-hetero) is 1. The maximum Gasteiger partial charge on any atom is 0.339 e. The lowest BCUT2D eigenvalue weighted by Crippen LogP contribution is -2.16. The molecule has 0 N–H and O–H groups in total. The van der Waals surface area contributed by atoms with Crippen LogP contribution in [-0.4, -0.2) is 25.5 Å². The van der Waals surface area contributed by atoms with Gasteiger partial charge in [0.2, 0.25) is 0 Å². The quantitative estimate of drug-likeness (QED) is 0.609. The first kappa shape index (κ1) is 16.6. The van der Waals surface area contributed by atoms with Gasteiger partial charge in [-0.05, 0) is 49.4 Å². The van der Waals surface area contributed by atoms with Crippen molar-refractivity contribution in [2.24, 2.45) is 0 Å². The van der Waals surface area contributed by atoms with Crippen LogP contribution in [-0.2, 0) is 17.6 Å². The number of hydrogen-bond donors (Lipinski definition) is 0. The molecule has 6 heteroatoms. The third-order valence-electron chi connectivity index (χ3n) is 4.09. The molecule has 4 nitrogen and oxygen atoms in total. The molecule has 0 saturated heterocycles. The topological polar surface area (TPSA) is 52.6 Å². The van der Waals surface area contributed by atoms with Gasteiger partial charge in [-0.2, -0.15) is 0 Å². The second-order valence-corrected chi connectivity index (χ2v) is 6.57. The van der Waals surface area contributed by atoms with E-state index in [0.29, 0.717) is 5.56 Å². The number of benzene rings is 1. The van der Waals surface area contributed by atoms with E-state index in [2.05, 4.69) is 0 Å². The summed E-state index contributed by atoms with van der Waals surface area (Å²) < 4.78 is 23.6. The van der Waals surface area contributed by atoms with Gasteiger partial charge in [0.25, 0.3) is 0 Å². The van der Waals surface area contributed by atoms with Crippen molar-refractivity contribution < 1.29 is 23.5 Å². The smallest absolute Gasteiger partial charge is 0.339 e. The Morgan fingerprint density at radius 1 is 1.25 bits per heavy atom. The minimum absolute atomic E-state index is 0.0634. The highest BCUT2D eigenvalue weighted by Crippen LogP contribution is 2.30. The molecule has 1 aromatic carbocycles. The zero-order valence-corrected chi connectivity index (χ0v) is 14.1. The summed E-state index contributed by atoms with van der Waals surface area (Å²) in [6.07, 6.45) is 4.08. The SMILES string of the molecule is COc1ccc(C(=O)COC(=O)c2csc3c2CCCC3)cc1F. The molecule has 0 unspecified atom stereocenters. The van der Waals surface area contributed by atoms with Crippen molar-refractivity contribution in [1.29, 1.82) is 0 Å². The standard InChI is InChI=1S/C18H17FO4S/c1-22-16-7-6-11(8-14(16)19)15(20)9-23-18(21)13-10-24-17-5-3-2-4-12(13)17/h6-8,10H,2-5,9H2,1H3. The van der Waals surface area contributed by atoms with Crippen LogP contribution in [0.3, 0.4) is 0 Å². The second-order valence-electron chi connectivity index (χ2n) is 5.61. The Kier molecular flexibility index (Phi) is 4.94. The molecular formula is C18H17FO4S. The lowest BCUT2D eigenvalue weighted by atomic mass is 9.96. The predicted octanol–water partition coefficient (Wildman–Crippen LogP) is 3.81. The number of esters is 1. The van der Waals surface area contributed by atoms with Crippen molar-refractivity contribution in [2.75, 3.05) is 13.7 Å². The fourth-order valence-corrected chi connectivity index (χ4v) is 3.91. The molecule has 1 aromatic heterocycles. The number of ether oxygens (including phenoxy) is 2. The van der Waals surface area contributed by atoms with Gasteiger partial charge in [0, 0.05) is 15.8 Å². The molecule has 1 aliphatic rings. The molecule has 0 amide bonds. The Bertz CT molecular complexity index is 781. The summed E-state index contributed by atoms with van der Waals surface area (Å²) in [5.41, 5.74) is 1.76. The Hall–Kier alpha value is -2.21. The molecule has 3 rings (SSSR count). The van der Waals surface area contributed by atoms with Gasteiger partial charge in [-0.15, -0.1) is 11.3 Å². The fraction of sp³-hybridized carbons (Fsp3) is 0.333. The van der Waals surface area contributed by atoms with Gasteiger partial charge in [-0.25, -0.2) is 9.18 Å². The van der Waals surface area contributed by atoms with Crippen LogP contribution in [0.15, 0.2) is 23.6 Å². The molecule has 126 valence electrons. The number of thiophene rings is 1. The molecule has 0 radical (unpaired) electrons. The molecular weight excluding hydrogens is 331 g/mol. The van der Waals surface area contributed by atoms with E-state index in [1.54, 1.807) is 16.7 Å². The Morgan fingerprint density at radius 2 is 2.04 bits per heavy atom. The van der Waals surface area contributed by atoms with Crippen LogP contribution in [0.2, 0.25) is 0 Å². The van der Waals surface area contributed by atoms with Crippen molar-refractivity contribution in [1.82, 2.24) is 0 Å². The maximum atomic E-state index is 13.6. The molecule has 1 heterocycles. The molecule has 0 aliphatic heterocycles. The van der Waals surface area contributed by atoms with Crippen LogP contribution in [0.1, 0.15) is 44.0 Å². The third-order valence-corrected chi connectivity index (χ3v) is 5.18. The molecule has 24 heavy (non-hydrogen) atoms. The van der Waals surface area contributed by atoms with Crippen LogP contribution in [0.4, 0.5) is 4.39 Å². The molecule has 0 saturated carbocycles. The van der Waals surface area contributed by atoms with Crippen molar-refractivity contribution in [3.05, 3.63) is 51.0 Å². The van der Waals surface area contributed by atoms with Crippen LogP contribution < -0.4 is 4.74 Å². The molecule has 2 aromatic rings. The van der Waals surface area contributed by atoms with Crippen molar-refractivity contribution >= 4 is 23.1 Å². The van der Waals surface area contributed by atoms with Gasteiger partial charge in [0.15, 0.2) is 24.0 Å². The largest absolute Gasteiger partial charge is 0.494 e. The van der Waals surface area contributed by atoms with Gasteiger partial charge in [-0.1, -0.05) is 0 Å².